The molecule has 2 aromatic carbocycles. The highest BCUT2D eigenvalue weighted by Crippen LogP contribution is 2.37. The van der Waals surface area contributed by atoms with Crippen LogP contribution in [0.2, 0.25) is 0 Å². The number of halogens is 1. The number of ether oxygens (including phenoxy) is 2. The summed E-state index contributed by atoms with van der Waals surface area (Å²) < 4.78 is 11.0. The predicted octanol–water partition coefficient (Wildman–Crippen LogP) is 4.71. The number of rotatable bonds is 3. The lowest BCUT2D eigenvalue weighted by atomic mass is 9.80. The van der Waals surface area contributed by atoms with Crippen LogP contribution in [0.1, 0.15) is 25.5 Å². The average Bonchev–Trinajstić information content (AvgIpc) is 2.51. The van der Waals surface area contributed by atoms with Gasteiger partial charge in [0.2, 0.25) is 0 Å². The van der Waals surface area contributed by atoms with Crippen molar-refractivity contribution < 1.29 is 14.3 Å². The van der Waals surface area contributed by atoms with Gasteiger partial charge in [-0.15, -0.1) is 12.4 Å². The Balaban J connectivity index is 0.00000192. The SMILES string of the molecule is CC1(C)COC(=O)N[C@H]1c1cccc(Oc2ccccc2)c1.Cl. The zero-order valence-corrected chi connectivity index (χ0v) is 13.9. The maximum atomic E-state index is 11.5. The van der Waals surface area contributed by atoms with Crippen LogP contribution >= 0.6 is 12.4 Å². The molecule has 1 atom stereocenters. The Morgan fingerprint density at radius 1 is 1.09 bits per heavy atom. The summed E-state index contributed by atoms with van der Waals surface area (Å²) >= 11 is 0. The summed E-state index contributed by atoms with van der Waals surface area (Å²) in [5, 5.41) is 2.90. The number of carbonyl (C=O) groups is 1. The largest absolute Gasteiger partial charge is 0.457 e. The van der Waals surface area contributed by atoms with Crippen LogP contribution in [0.4, 0.5) is 4.79 Å². The summed E-state index contributed by atoms with van der Waals surface area (Å²) in [4.78, 5) is 11.5. The highest BCUT2D eigenvalue weighted by Gasteiger charge is 2.37. The van der Waals surface area contributed by atoms with E-state index in [1.165, 1.54) is 0 Å². The smallest absolute Gasteiger partial charge is 0.407 e. The van der Waals surface area contributed by atoms with E-state index >= 15 is 0 Å². The monoisotopic (exact) mass is 333 g/mol. The number of amides is 1. The fourth-order valence-corrected chi connectivity index (χ4v) is 2.61. The number of nitrogens with one attached hydrogen (secondary N) is 1. The molecule has 5 heteroatoms. The Labute approximate surface area is 142 Å². The molecule has 4 nitrogen and oxygen atoms in total. The van der Waals surface area contributed by atoms with Crippen molar-refractivity contribution >= 4 is 18.5 Å². The van der Waals surface area contributed by atoms with Crippen molar-refractivity contribution in [1.82, 2.24) is 5.32 Å². The maximum Gasteiger partial charge on any atom is 0.407 e. The molecule has 3 rings (SSSR count). The molecule has 23 heavy (non-hydrogen) atoms. The average molecular weight is 334 g/mol. The van der Waals surface area contributed by atoms with E-state index in [4.69, 9.17) is 9.47 Å². The first-order chi connectivity index (χ1) is 10.5. The van der Waals surface area contributed by atoms with Crippen LogP contribution < -0.4 is 10.1 Å². The molecule has 0 aromatic heterocycles. The molecular formula is C18H20ClNO3. The van der Waals surface area contributed by atoms with Crippen molar-refractivity contribution in [2.45, 2.75) is 19.9 Å². The topological polar surface area (TPSA) is 47.6 Å². The van der Waals surface area contributed by atoms with Gasteiger partial charge in [0.25, 0.3) is 0 Å². The summed E-state index contributed by atoms with van der Waals surface area (Å²) in [5.74, 6) is 1.54. The minimum atomic E-state index is -0.376. The first-order valence-corrected chi connectivity index (χ1v) is 7.31. The van der Waals surface area contributed by atoms with Gasteiger partial charge < -0.3 is 14.8 Å². The van der Waals surface area contributed by atoms with E-state index in [0.717, 1.165) is 17.1 Å². The molecule has 2 aromatic rings. The van der Waals surface area contributed by atoms with Crippen molar-refractivity contribution in [2.24, 2.45) is 5.41 Å². The molecule has 0 spiro atoms. The molecule has 1 aliphatic rings. The number of alkyl carbamates (subject to hydrolysis) is 1. The van der Waals surface area contributed by atoms with E-state index < -0.39 is 0 Å². The Morgan fingerprint density at radius 3 is 2.52 bits per heavy atom. The van der Waals surface area contributed by atoms with Gasteiger partial charge in [-0.3, -0.25) is 0 Å². The van der Waals surface area contributed by atoms with E-state index in [2.05, 4.69) is 19.2 Å². The van der Waals surface area contributed by atoms with Crippen molar-refractivity contribution in [3.63, 3.8) is 0 Å². The Morgan fingerprint density at radius 2 is 1.78 bits per heavy atom. The molecule has 0 saturated carbocycles. The lowest BCUT2D eigenvalue weighted by molar-refractivity contribution is 0.0387. The highest BCUT2D eigenvalue weighted by molar-refractivity contribution is 5.85. The zero-order chi connectivity index (χ0) is 15.6. The van der Waals surface area contributed by atoms with Gasteiger partial charge in [0.1, 0.15) is 18.1 Å². The summed E-state index contributed by atoms with van der Waals surface area (Å²) in [7, 11) is 0. The number of hydrogen-bond acceptors (Lipinski definition) is 3. The fourth-order valence-electron chi connectivity index (χ4n) is 2.61. The van der Waals surface area contributed by atoms with Gasteiger partial charge in [0.05, 0.1) is 6.04 Å². The third-order valence-corrected chi connectivity index (χ3v) is 3.79. The van der Waals surface area contributed by atoms with Crippen molar-refractivity contribution in [3.8, 4) is 11.5 Å². The molecule has 0 radical (unpaired) electrons. The predicted molar refractivity (Wildman–Crippen MR) is 91.2 cm³/mol. The molecule has 1 saturated heterocycles. The van der Waals surface area contributed by atoms with Crippen LogP contribution in [0.15, 0.2) is 54.6 Å². The van der Waals surface area contributed by atoms with Gasteiger partial charge in [0, 0.05) is 5.41 Å². The van der Waals surface area contributed by atoms with Crippen molar-refractivity contribution in [1.29, 1.82) is 0 Å². The molecule has 1 aliphatic heterocycles. The molecule has 1 amide bonds. The van der Waals surface area contributed by atoms with Crippen molar-refractivity contribution in [2.75, 3.05) is 6.61 Å². The van der Waals surface area contributed by atoms with Gasteiger partial charge >= 0.3 is 6.09 Å². The van der Waals surface area contributed by atoms with Gasteiger partial charge in [-0.1, -0.05) is 44.2 Å². The van der Waals surface area contributed by atoms with E-state index in [0.29, 0.717) is 6.61 Å². The summed E-state index contributed by atoms with van der Waals surface area (Å²) in [5.41, 5.74) is 0.828. The number of cyclic esters (lactones) is 1. The molecule has 0 bridgehead atoms. The molecule has 122 valence electrons. The second-order valence-electron chi connectivity index (χ2n) is 6.13. The summed E-state index contributed by atoms with van der Waals surface area (Å²) in [6, 6.07) is 17.3. The second-order valence-corrected chi connectivity index (χ2v) is 6.13. The van der Waals surface area contributed by atoms with Gasteiger partial charge in [0.15, 0.2) is 0 Å². The summed E-state index contributed by atoms with van der Waals surface area (Å²) in [6.45, 7) is 4.54. The van der Waals surface area contributed by atoms with E-state index in [1.807, 2.05) is 54.6 Å². The molecule has 0 aliphatic carbocycles. The minimum absolute atomic E-state index is 0. The Kier molecular flexibility index (Phi) is 5.16. The molecular weight excluding hydrogens is 314 g/mol. The van der Waals surface area contributed by atoms with Crippen LogP contribution in [-0.4, -0.2) is 12.7 Å². The van der Waals surface area contributed by atoms with Crippen LogP contribution in [0.3, 0.4) is 0 Å². The number of carbonyl (C=O) groups excluding carboxylic acids is 1. The minimum Gasteiger partial charge on any atom is -0.457 e. The lowest BCUT2D eigenvalue weighted by Gasteiger charge is -2.38. The molecule has 0 unspecified atom stereocenters. The second kappa shape index (κ2) is 6.92. The van der Waals surface area contributed by atoms with Gasteiger partial charge in [-0.2, -0.15) is 0 Å². The van der Waals surface area contributed by atoms with Gasteiger partial charge in [-0.25, -0.2) is 4.79 Å². The first kappa shape index (κ1) is 17.2. The van der Waals surface area contributed by atoms with E-state index in [-0.39, 0.29) is 30.0 Å². The Bertz CT molecular complexity index is 673. The highest BCUT2D eigenvalue weighted by atomic mass is 35.5. The third kappa shape index (κ3) is 3.96. The fraction of sp³-hybridized carbons (Fsp3) is 0.278. The standard InChI is InChI=1S/C18H19NO3.ClH/c1-18(2)12-21-17(20)19-16(18)13-7-6-10-15(11-13)22-14-8-4-3-5-9-14;/h3-11,16H,12H2,1-2H3,(H,19,20);1H/t16-;/m0./s1. The van der Waals surface area contributed by atoms with E-state index in [9.17, 15) is 4.79 Å². The third-order valence-electron chi connectivity index (χ3n) is 3.79. The van der Waals surface area contributed by atoms with E-state index in [1.54, 1.807) is 0 Å². The molecule has 1 fully saturated rings. The summed E-state index contributed by atoms with van der Waals surface area (Å²) in [6.07, 6.45) is -0.376. The van der Waals surface area contributed by atoms with Crippen LogP contribution in [0.5, 0.6) is 11.5 Å². The lowest BCUT2D eigenvalue weighted by Crippen LogP contribution is -2.46. The first-order valence-electron chi connectivity index (χ1n) is 7.31. The Hall–Kier alpha value is -2.20. The maximum absolute atomic E-state index is 11.5. The van der Waals surface area contributed by atoms with Gasteiger partial charge in [-0.05, 0) is 29.8 Å². The molecule has 1 heterocycles. The van der Waals surface area contributed by atoms with Crippen LogP contribution in [0, 0.1) is 5.41 Å². The van der Waals surface area contributed by atoms with Crippen LogP contribution in [-0.2, 0) is 4.74 Å². The quantitative estimate of drug-likeness (QED) is 0.885. The van der Waals surface area contributed by atoms with Crippen molar-refractivity contribution in [3.05, 3.63) is 60.2 Å². The number of para-hydroxylation sites is 1. The number of benzene rings is 2. The van der Waals surface area contributed by atoms with Crippen LogP contribution in [0.25, 0.3) is 0 Å². The molecule has 1 N–H and O–H groups in total. The normalized spacial score (nSPS) is 19.0. The number of hydrogen-bond donors (Lipinski definition) is 1. The zero-order valence-electron chi connectivity index (χ0n) is 13.1.